The maximum atomic E-state index is 12.4. The summed E-state index contributed by atoms with van der Waals surface area (Å²) in [5.41, 5.74) is 1.62. The van der Waals surface area contributed by atoms with Crippen LogP contribution in [0.4, 0.5) is 0 Å². The van der Waals surface area contributed by atoms with Gasteiger partial charge in [-0.25, -0.2) is 4.79 Å². The summed E-state index contributed by atoms with van der Waals surface area (Å²) >= 11 is 12.2. The van der Waals surface area contributed by atoms with Crippen molar-refractivity contribution in [3.63, 3.8) is 0 Å². The Bertz CT molecular complexity index is 653. The number of ether oxygens (including phenoxy) is 1. The molecule has 1 heterocycles. The summed E-state index contributed by atoms with van der Waals surface area (Å²) in [5, 5.41) is 3.61. The van der Waals surface area contributed by atoms with Crippen molar-refractivity contribution in [2.24, 2.45) is 0 Å². The first kappa shape index (κ1) is 16.8. The SMILES string of the molecule is CC1=C(C(=O)OC(C)C)C(c2ccc(Cl)cc2Cl)CC(=O)N1. The maximum Gasteiger partial charge on any atom is 0.336 e. The average Bonchev–Trinajstić information content (AvgIpc) is 2.36. The lowest BCUT2D eigenvalue weighted by atomic mass is 9.84. The third-order valence-corrected chi connectivity index (χ3v) is 3.93. The lowest BCUT2D eigenvalue weighted by molar-refractivity contribution is -0.143. The molecule has 0 saturated heterocycles. The van der Waals surface area contributed by atoms with E-state index in [2.05, 4.69) is 5.32 Å². The highest BCUT2D eigenvalue weighted by atomic mass is 35.5. The number of esters is 1. The average molecular weight is 342 g/mol. The van der Waals surface area contributed by atoms with Crippen molar-refractivity contribution in [3.8, 4) is 0 Å². The van der Waals surface area contributed by atoms with Crippen molar-refractivity contribution in [2.45, 2.75) is 39.2 Å². The van der Waals surface area contributed by atoms with Crippen LogP contribution in [0.2, 0.25) is 10.0 Å². The van der Waals surface area contributed by atoms with Crippen molar-refractivity contribution < 1.29 is 14.3 Å². The fourth-order valence-corrected chi connectivity index (χ4v) is 3.04. The van der Waals surface area contributed by atoms with E-state index in [1.54, 1.807) is 39.0 Å². The highest BCUT2D eigenvalue weighted by Gasteiger charge is 2.34. The predicted octanol–water partition coefficient (Wildman–Crippen LogP) is 3.82. The lowest BCUT2D eigenvalue weighted by Gasteiger charge is -2.27. The second kappa shape index (κ2) is 6.71. The molecule has 0 aliphatic carbocycles. The van der Waals surface area contributed by atoms with E-state index in [4.69, 9.17) is 27.9 Å². The molecule has 6 heteroatoms. The smallest absolute Gasteiger partial charge is 0.336 e. The number of halogens is 2. The Balaban J connectivity index is 2.48. The minimum absolute atomic E-state index is 0.140. The number of nitrogens with one attached hydrogen (secondary N) is 1. The Hall–Kier alpha value is -1.52. The molecule has 22 heavy (non-hydrogen) atoms. The van der Waals surface area contributed by atoms with Gasteiger partial charge in [0, 0.05) is 28.1 Å². The molecule has 1 N–H and O–H groups in total. The minimum atomic E-state index is -0.441. The van der Waals surface area contributed by atoms with Gasteiger partial charge in [-0.3, -0.25) is 4.79 Å². The van der Waals surface area contributed by atoms with Gasteiger partial charge in [0.05, 0.1) is 11.7 Å². The molecule has 1 unspecified atom stereocenters. The topological polar surface area (TPSA) is 55.4 Å². The number of benzene rings is 1. The van der Waals surface area contributed by atoms with Crippen molar-refractivity contribution in [3.05, 3.63) is 45.1 Å². The maximum absolute atomic E-state index is 12.4. The highest BCUT2D eigenvalue weighted by molar-refractivity contribution is 6.35. The Morgan fingerprint density at radius 1 is 1.36 bits per heavy atom. The van der Waals surface area contributed by atoms with Crippen molar-refractivity contribution in [1.82, 2.24) is 5.32 Å². The van der Waals surface area contributed by atoms with Gasteiger partial charge in [0.1, 0.15) is 0 Å². The molecule has 0 spiro atoms. The molecule has 118 valence electrons. The summed E-state index contributed by atoms with van der Waals surface area (Å²) in [6, 6.07) is 5.03. The molecule has 1 aromatic carbocycles. The van der Waals surface area contributed by atoms with Crippen LogP contribution >= 0.6 is 23.2 Å². The van der Waals surface area contributed by atoms with Crippen LogP contribution in [0.3, 0.4) is 0 Å². The molecule has 1 aliphatic rings. The zero-order valence-electron chi connectivity index (χ0n) is 12.6. The second-order valence-corrected chi connectivity index (χ2v) is 6.31. The number of hydrogen-bond acceptors (Lipinski definition) is 3. The van der Waals surface area contributed by atoms with Gasteiger partial charge in [0.15, 0.2) is 0 Å². The molecule has 2 rings (SSSR count). The van der Waals surface area contributed by atoms with Crippen LogP contribution < -0.4 is 5.32 Å². The number of allylic oxidation sites excluding steroid dienone is 1. The van der Waals surface area contributed by atoms with Crippen LogP contribution in [0.15, 0.2) is 29.5 Å². The van der Waals surface area contributed by atoms with Gasteiger partial charge in [0.25, 0.3) is 0 Å². The monoisotopic (exact) mass is 341 g/mol. The standard InChI is InChI=1S/C16H17Cl2NO3/c1-8(2)22-16(21)15-9(3)19-14(20)7-12(15)11-5-4-10(17)6-13(11)18/h4-6,8,12H,7H2,1-3H3,(H,19,20). The van der Waals surface area contributed by atoms with Crippen LogP contribution in [-0.4, -0.2) is 18.0 Å². The van der Waals surface area contributed by atoms with E-state index in [0.717, 1.165) is 0 Å². The van der Waals surface area contributed by atoms with Crippen LogP contribution in [0.5, 0.6) is 0 Å². The van der Waals surface area contributed by atoms with Gasteiger partial charge in [-0.2, -0.15) is 0 Å². The Morgan fingerprint density at radius 2 is 2.05 bits per heavy atom. The summed E-state index contributed by atoms with van der Waals surface area (Å²) in [5.74, 6) is -1.04. The van der Waals surface area contributed by atoms with Gasteiger partial charge in [0.2, 0.25) is 5.91 Å². The van der Waals surface area contributed by atoms with Gasteiger partial charge < -0.3 is 10.1 Å². The van der Waals surface area contributed by atoms with Gasteiger partial charge in [-0.15, -0.1) is 0 Å². The third kappa shape index (κ3) is 3.62. The molecule has 0 bridgehead atoms. The fourth-order valence-electron chi connectivity index (χ4n) is 2.50. The normalized spacial score (nSPS) is 18.5. The zero-order valence-corrected chi connectivity index (χ0v) is 14.1. The molecular formula is C16H17Cl2NO3. The summed E-state index contributed by atoms with van der Waals surface area (Å²) < 4.78 is 5.29. The van der Waals surface area contributed by atoms with Gasteiger partial charge in [-0.1, -0.05) is 29.3 Å². The van der Waals surface area contributed by atoms with Gasteiger partial charge >= 0.3 is 5.97 Å². The first-order valence-electron chi connectivity index (χ1n) is 6.96. The van der Waals surface area contributed by atoms with E-state index in [0.29, 0.717) is 26.9 Å². The predicted molar refractivity (Wildman–Crippen MR) is 85.9 cm³/mol. The quantitative estimate of drug-likeness (QED) is 0.850. The lowest BCUT2D eigenvalue weighted by Crippen LogP contribution is -2.34. The summed E-state index contributed by atoms with van der Waals surface area (Å²) in [4.78, 5) is 24.2. The number of rotatable bonds is 3. The van der Waals surface area contributed by atoms with E-state index in [-0.39, 0.29) is 18.4 Å². The molecule has 1 aliphatic heterocycles. The molecular weight excluding hydrogens is 325 g/mol. The van der Waals surface area contributed by atoms with E-state index < -0.39 is 11.9 Å². The van der Waals surface area contributed by atoms with E-state index in [1.165, 1.54) is 0 Å². The molecule has 1 atom stereocenters. The van der Waals surface area contributed by atoms with Crippen molar-refractivity contribution in [1.29, 1.82) is 0 Å². The molecule has 4 nitrogen and oxygen atoms in total. The molecule has 1 aromatic rings. The molecule has 0 radical (unpaired) electrons. The molecule has 0 saturated carbocycles. The molecule has 0 fully saturated rings. The Morgan fingerprint density at radius 3 is 2.64 bits per heavy atom. The molecule has 1 amide bonds. The summed E-state index contributed by atoms with van der Waals surface area (Å²) in [7, 11) is 0. The first-order valence-corrected chi connectivity index (χ1v) is 7.71. The minimum Gasteiger partial charge on any atom is -0.460 e. The number of amides is 1. The van der Waals surface area contributed by atoms with Crippen LogP contribution in [0.25, 0.3) is 0 Å². The van der Waals surface area contributed by atoms with E-state index in [1.807, 2.05) is 0 Å². The fraction of sp³-hybridized carbons (Fsp3) is 0.375. The highest BCUT2D eigenvalue weighted by Crippen LogP contribution is 2.38. The number of hydrogen-bond donors (Lipinski definition) is 1. The zero-order chi connectivity index (χ0) is 16.4. The summed E-state index contributed by atoms with van der Waals surface area (Å²) in [6.45, 7) is 5.24. The second-order valence-electron chi connectivity index (χ2n) is 5.46. The van der Waals surface area contributed by atoms with E-state index >= 15 is 0 Å². The van der Waals surface area contributed by atoms with Crippen LogP contribution in [-0.2, 0) is 14.3 Å². The van der Waals surface area contributed by atoms with Gasteiger partial charge in [-0.05, 0) is 38.5 Å². The largest absolute Gasteiger partial charge is 0.460 e. The molecule has 0 aromatic heterocycles. The van der Waals surface area contributed by atoms with Crippen LogP contribution in [0, 0.1) is 0 Å². The third-order valence-electron chi connectivity index (χ3n) is 3.37. The van der Waals surface area contributed by atoms with E-state index in [9.17, 15) is 9.59 Å². The number of carbonyl (C=O) groups excluding carboxylic acids is 2. The van der Waals surface area contributed by atoms with Crippen molar-refractivity contribution >= 4 is 35.1 Å². The Labute approximate surface area is 139 Å². The van der Waals surface area contributed by atoms with Crippen LogP contribution in [0.1, 0.15) is 38.7 Å². The Kier molecular flexibility index (Phi) is 5.14. The number of carbonyl (C=O) groups is 2. The first-order chi connectivity index (χ1) is 10.3. The summed E-state index contributed by atoms with van der Waals surface area (Å²) in [6.07, 6.45) is -0.104. The van der Waals surface area contributed by atoms with Crippen molar-refractivity contribution in [2.75, 3.05) is 0 Å².